The van der Waals surface area contributed by atoms with E-state index in [0.717, 1.165) is 11.1 Å². The lowest BCUT2D eigenvalue weighted by atomic mass is 10.2. The molecule has 102 valence electrons. The lowest BCUT2D eigenvalue weighted by Crippen LogP contribution is -2.25. The van der Waals surface area contributed by atoms with Gasteiger partial charge >= 0.3 is 0 Å². The van der Waals surface area contributed by atoms with Gasteiger partial charge in [-0.3, -0.25) is 4.31 Å². The molecule has 0 atom stereocenters. The molecule has 1 heterocycles. The van der Waals surface area contributed by atoms with Gasteiger partial charge in [-0.15, -0.1) is 11.3 Å². The van der Waals surface area contributed by atoms with Crippen LogP contribution in [-0.2, 0) is 16.6 Å². The summed E-state index contributed by atoms with van der Waals surface area (Å²) in [4.78, 5) is 0. The molecule has 2 N–H and O–H groups in total. The van der Waals surface area contributed by atoms with E-state index in [2.05, 4.69) is 0 Å². The number of nitrogens with two attached hydrogens (primary N) is 1. The number of benzene rings is 1. The van der Waals surface area contributed by atoms with Crippen LogP contribution in [0.3, 0.4) is 0 Å². The molecular weight excluding hydrogens is 280 g/mol. The molecule has 2 rings (SSSR count). The minimum atomic E-state index is -3.50. The average molecular weight is 296 g/mol. The first-order chi connectivity index (χ1) is 8.95. The van der Waals surface area contributed by atoms with E-state index in [0.29, 0.717) is 16.4 Å². The third-order valence-corrected chi connectivity index (χ3v) is 6.09. The molecule has 0 aliphatic rings. The molecule has 0 bridgehead atoms. The third-order valence-electron chi connectivity index (χ3n) is 2.85. The first kappa shape index (κ1) is 14.0. The Kier molecular flexibility index (Phi) is 3.93. The Bertz CT molecular complexity index is 677. The van der Waals surface area contributed by atoms with Gasteiger partial charge in [0.25, 0.3) is 10.0 Å². The summed E-state index contributed by atoms with van der Waals surface area (Å²) < 4.78 is 26.6. The normalized spacial score (nSPS) is 11.5. The average Bonchev–Trinajstić information content (AvgIpc) is 2.87. The Hall–Kier alpha value is -1.37. The Morgan fingerprint density at radius 3 is 2.63 bits per heavy atom. The molecule has 0 spiro atoms. The van der Waals surface area contributed by atoms with Gasteiger partial charge in [0.2, 0.25) is 0 Å². The number of hydrogen-bond donors (Lipinski definition) is 1. The molecule has 0 fully saturated rings. The van der Waals surface area contributed by atoms with Gasteiger partial charge in [-0.25, -0.2) is 8.42 Å². The second-order valence-electron chi connectivity index (χ2n) is 4.29. The third kappa shape index (κ3) is 2.80. The van der Waals surface area contributed by atoms with Crippen LogP contribution in [0.15, 0.2) is 39.9 Å². The molecule has 0 amide bonds. The van der Waals surface area contributed by atoms with Crippen molar-refractivity contribution in [3.8, 4) is 0 Å². The van der Waals surface area contributed by atoms with E-state index in [-0.39, 0.29) is 0 Å². The number of thiophene rings is 1. The fourth-order valence-corrected chi connectivity index (χ4v) is 4.27. The van der Waals surface area contributed by atoms with Crippen LogP contribution in [-0.4, -0.2) is 15.5 Å². The van der Waals surface area contributed by atoms with Gasteiger partial charge in [0.15, 0.2) is 0 Å². The molecule has 0 saturated carbocycles. The topological polar surface area (TPSA) is 63.4 Å². The summed E-state index contributed by atoms with van der Waals surface area (Å²) in [6.07, 6.45) is 0. The monoisotopic (exact) mass is 296 g/mol. The van der Waals surface area contributed by atoms with Crippen molar-refractivity contribution in [3.05, 3.63) is 46.8 Å². The van der Waals surface area contributed by atoms with E-state index < -0.39 is 10.0 Å². The SMILES string of the molecule is Cc1cccc(N(C)S(=O)(=O)c2cc(CN)cs2)c1. The van der Waals surface area contributed by atoms with Crippen molar-refractivity contribution in [2.45, 2.75) is 17.7 Å². The summed E-state index contributed by atoms with van der Waals surface area (Å²) in [5.41, 5.74) is 8.02. The molecule has 0 saturated heterocycles. The molecule has 19 heavy (non-hydrogen) atoms. The number of anilines is 1. The summed E-state index contributed by atoms with van der Waals surface area (Å²) >= 11 is 1.20. The lowest BCUT2D eigenvalue weighted by Gasteiger charge is -2.18. The molecule has 0 radical (unpaired) electrons. The van der Waals surface area contributed by atoms with Gasteiger partial charge in [-0.1, -0.05) is 12.1 Å². The predicted octanol–water partition coefficient (Wildman–Crippen LogP) is 2.34. The van der Waals surface area contributed by atoms with Crippen molar-refractivity contribution < 1.29 is 8.42 Å². The summed E-state index contributed by atoms with van der Waals surface area (Å²) in [7, 11) is -1.94. The standard InChI is InChI=1S/C13H16N2O2S2/c1-10-4-3-5-12(6-10)15(2)19(16,17)13-7-11(8-14)9-18-13/h3-7,9H,8,14H2,1-2H3. The van der Waals surface area contributed by atoms with Crippen LogP contribution in [0, 0.1) is 6.92 Å². The summed E-state index contributed by atoms with van der Waals surface area (Å²) in [6, 6.07) is 9.03. The van der Waals surface area contributed by atoms with E-state index >= 15 is 0 Å². The molecule has 0 aliphatic carbocycles. The molecule has 0 aliphatic heterocycles. The Morgan fingerprint density at radius 2 is 2.05 bits per heavy atom. The van der Waals surface area contributed by atoms with Crippen molar-refractivity contribution >= 4 is 27.0 Å². The van der Waals surface area contributed by atoms with Gasteiger partial charge in [0, 0.05) is 13.6 Å². The zero-order chi connectivity index (χ0) is 14.0. The van der Waals surface area contributed by atoms with E-state index in [1.165, 1.54) is 15.6 Å². The van der Waals surface area contributed by atoms with Crippen LogP contribution in [0.2, 0.25) is 0 Å². The number of aryl methyl sites for hydroxylation is 1. The maximum Gasteiger partial charge on any atom is 0.273 e. The zero-order valence-corrected chi connectivity index (χ0v) is 12.5. The minimum Gasteiger partial charge on any atom is -0.326 e. The smallest absolute Gasteiger partial charge is 0.273 e. The van der Waals surface area contributed by atoms with Crippen LogP contribution in [0.1, 0.15) is 11.1 Å². The summed E-state index contributed by atoms with van der Waals surface area (Å²) in [5.74, 6) is 0. The second kappa shape index (κ2) is 5.32. The molecule has 0 unspecified atom stereocenters. The second-order valence-corrected chi connectivity index (χ2v) is 7.40. The van der Waals surface area contributed by atoms with Crippen molar-refractivity contribution in [3.63, 3.8) is 0 Å². The van der Waals surface area contributed by atoms with Crippen molar-refractivity contribution in [2.75, 3.05) is 11.4 Å². The number of rotatable bonds is 4. The highest BCUT2D eigenvalue weighted by Crippen LogP contribution is 2.27. The lowest BCUT2D eigenvalue weighted by molar-refractivity contribution is 0.596. The fourth-order valence-electron chi connectivity index (χ4n) is 1.69. The Balaban J connectivity index is 2.39. The largest absolute Gasteiger partial charge is 0.326 e. The Morgan fingerprint density at radius 1 is 1.32 bits per heavy atom. The van der Waals surface area contributed by atoms with Gasteiger partial charge in [-0.05, 0) is 41.6 Å². The first-order valence-electron chi connectivity index (χ1n) is 5.78. The first-order valence-corrected chi connectivity index (χ1v) is 8.10. The molecule has 4 nitrogen and oxygen atoms in total. The highest BCUT2D eigenvalue weighted by Gasteiger charge is 2.23. The maximum atomic E-state index is 12.5. The predicted molar refractivity (Wildman–Crippen MR) is 79.0 cm³/mol. The van der Waals surface area contributed by atoms with Crippen molar-refractivity contribution in [1.29, 1.82) is 0 Å². The van der Waals surface area contributed by atoms with Gasteiger partial charge in [0.05, 0.1) is 5.69 Å². The molecule has 6 heteroatoms. The van der Waals surface area contributed by atoms with Gasteiger partial charge < -0.3 is 5.73 Å². The highest BCUT2D eigenvalue weighted by molar-refractivity contribution is 7.94. The van der Waals surface area contributed by atoms with Crippen LogP contribution < -0.4 is 10.0 Å². The van der Waals surface area contributed by atoms with Crippen molar-refractivity contribution in [1.82, 2.24) is 0 Å². The molecule has 1 aromatic heterocycles. The quantitative estimate of drug-likeness (QED) is 0.942. The van der Waals surface area contributed by atoms with Crippen LogP contribution >= 0.6 is 11.3 Å². The molecule has 2 aromatic rings. The number of nitrogens with zero attached hydrogens (tertiary/aromatic N) is 1. The number of hydrogen-bond acceptors (Lipinski definition) is 4. The zero-order valence-electron chi connectivity index (χ0n) is 10.8. The van der Waals surface area contributed by atoms with Crippen molar-refractivity contribution in [2.24, 2.45) is 5.73 Å². The van der Waals surface area contributed by atoms with E-state index in [1.54, 1.807) is 24.6 Å². The summed E-state index contributed by atoms with van der Waals surface area (Å²) in [6.45, 7) is 2.28. The molecule has 1 aromatic carbocycles. The van der Waals surface area contributed by atoms with Gasteiger partial charge in [0.1, 0.15) is 4.21 Å². The number of sulfonamides is 1. The van der Waals surface area contributed by atoms with E-state index in [4.69, 9.17) is 5.73 Å². The fraction of sp³-hybridized carbons (Fsp3) is 0.231. The van der Waals surface area contributed by atoms with E-state index in [1.807, 2.05) is 25.1 Å². The Labute approximate surface area is 117 Å². The van der Waals surface area contributed by atoms with Crippen LogP contribution in [0.25, 0.3) is 0 Å². The van der Waals surface area contributed by atoms with Crippen LogP contribution in [0.5, 0.6) is 0 Å². The molecular formula is C13H16N2O2S2. The highest BCUT2D eigenvalue weighted by atomic mass is 32.2. The minimum absolute atomic E-state index is 0.317. The van der Waals surface area contributed by atoms with E-state index in [9.17, 15) is 8.42 Å². The summed E-state index contributed by atoms with van der Waals surface area (Å²) in [5, 5.41) is 1.77. The van der Waals surface area contributed by atoms with Gasteiger partial charge in [-0.2, -0.15) is 0 Å². The van der Waals surface area contributed by atoms with Crippen LogP contribution in [0.4, 0.5) is 5.69 Å². The maximum absolute atomic E-state index is 12.5.